The number of carbonyl (C=O) groups excluding carboxylic acids is 2. The lowest BCUT2D eigenvalue weighted by molar-refractivity contribution is -0.131. The smallest absolute Gasteiger partial charge is 0.328 e. The van der Waals surface area contributed by atoms with Gasteiger partial charge >= 0.3 is 5.97 Å². The molecule has 0 aromatic rings. The van der Waals surface area contributed by atoms with Gasteiger partial charge in [-0.3, -0.25) is 9.59 Å². The molecule has 7 nitrogen and oxygen atoms in total. The molecule has 3 N–H and O–H groups in total. The number of carboxylic acids is 1. The molecular formula is C16H17NO6. The lowest BCUT2D eigenvalue weighted by Gasteiger charge is -2.13. The van der Waals surface area contributed by atoms with E-state index in [2.05, 4.69) is 0 Å². The van der Waals surface area contributed by atoms with Crippen molar-refractivity contribution in [1.29, 1.82) is 0 Å². The summed E-state index contributed by atoms with van der Waals surface area (Å²) < 4.78 is 0. The first-order valence-corrected chi connectivity index (χ1v) is 6.66. The van der Waals surface area contributed by atoms with Crippen molar-refractivity contribution in [3.63, 3.8) is 0 Å². The van der Waals surface area contributed by atoms with E-state index in [0.717, 1.165) is 11.0 Å². The predicted octanol–water partition coefficient (Wildman–Crippen LogP) is 0.510. The van der Waals surface area contributed by atoms with Crippen LogP contribution in [0.5, 0.6) is 0 Å². The highest BCUT2D eigenvalue weighted by atomic mass is 16.4. The second-order valence-corrected chi connectivity index (χ2v) is 4.57. The van der Waals surface area contributed by atoms with Crippen LogP contribution < -0.4 is 0 Å². The van der Waals surface area contributed by atoms with E-state index in [1.165, 1.54) is 37.4 Å². The Balaban J connectivity index is 2.74. The summed E-state index contributed by atoms with van der Waals surface area (Å²) in [6.45, 7) is -0.504. The van der Waals surface area contributed by atoms with Gasteiger partial charge in [0.15, 0.2) is 5.78 Å². The number of hydrogen-bond donors (Lipinski definition) is 3. The molecule has 0 unspecified atom stereocenters. The van der Waals surface area contributed by atoms with Gasteiger partial charge in [-0.25, -0.2) is 4.79 Å². The highest BCUT2D eigenvalue weighted by Crippen LogP contribution is 2.21. The fourth-order valence-electron chi connectivity index (χ4n) is 1.83. The van der Waals surface area contributed by atoms with Gasteiger partial charge in [-0.15, -0.1) is 0 Å². The Hall–Kier alpha value is -2.93. The third-order valence-corrected chi connectivity index (χ3v) is 3.03. The van der Waals surface area contributed by atoms with Gasteiger partial charge in [0.05, 0.1) is 6.61 Å². The van der Waals surface area contributed by atoms with Gasteiger partial charge < -0.3 is 20.2 Å². The van der Waals surface area contributed by atoms with Crippen LogP contribution in [-0.4, -0.2) is 57.6 Å². The molecule has 1 aliphatic rings. The summed E-state index contributed by atoms with van der Waals surface area (Å²) in [5, 5.41) is 27.3. The standard InChI is InChI=1S/C16H17NO6/c1-17-11(10-18)15(22)14(16(17)23)12(19)8-6-4-2-3-5-7-9-13(20)21/h2-9,11,18-19H,10H2,1H3,(H,20,21)/b4-2+,5-3+,8-6+,9-7+,14-12+/t11-/m0/s1. The van der Waals surface area contributed by atoms with Crippen LogP contribution in [0.2, 0.25) is 0 Å². The number of ketones is 1. The van der Waals surface area contributed by atoms with Gasteiger partial charge in [-0.05, 0) is 6.08 Å². The van der Waals surface area contributed by atoms with Crippen LogP contribution in [-0.2, 0) is 14.4 Å². The van der Waals surface area contributed by atoms with Crippen molar-refractivity contribution < 1.29 is 29.7 Å². The molecule has 1 atom stereocenters. The molecule has 0 saturated carbocycles. The molecule has 0 bridgehead atoms. The van der Waals surface area contributed by atoms with Gasteiger partial charge in [0.25, 0.3) is 5.91 Å². The second-order valence-electron chi connectivity index (χ2n) is 4.57. The lowest BCUT2D eigenvalue weighted by atomic mass is 10.1. The van der Waals surface area contributed by atoms with E-state index in [1.54, 1.807) is 12.2 Å². The lowest BCUT2D eigenvalue weighted by Crippen LogP contribution is -2.34. The van der Waals surface area contributed by atoms with Crippen molar-refractivity contribution in [3.05, 3.63) is 59.9 Å². The summed E-state index contributed by atoms with van der Waals surface area (Å²) >= 11 is 0. The Morgan fingerprint density at radius 3 is 2.04 bits per heavy atom. The molecule has 1 rings (SSSR count). The quantitative estimate of drug-likeness (QED) is 0.284. The van der Waals surface area contributed by atoms with E-state index >= 15 is 0 Å². The van der Waals surface area contributed by atoms with E-state index in [4.69, 9.17) is 10.2 Å². The summed E-state index contributed by atoms with van der Waals surface area (Å²) in [5.41, 5.74) is -0.351. The maximum absolute atomic E-state index is 11.9. The van der Waals surface area contributed by atoms with Crippen LogP contribution in [0.25, 0.3) is 0 Å². The van der Waals surface area contributed by atoms with Crippen LogP contribution in [0, 0.1) is 0 Å². The molecule has 1 amide bonds. The zero-order chi connectivity index (χ0) is 17.4. The van der Waals surface area contributed by atoms with Crippen molar-refractivity contribution in [2.24, 2.45) is 0 Å². The molecule has 0 radical (unpaired) electrons. The molecule has 1 saturated heterocycles. The number of carbonyl (C=O) groups is 3. The van der Waals surface area contributed by atoms with E-state index in [1.807, 2.05) is 0 Å². The number of hydrogen-bond acceptors (Lipinski definition) is 5. The predicted molar refractivity (Wildman–Crippen MR) is 82.5 cm³/mol. The summed E-state index contributed by atoms with van der Waals surface area (Å²) in [6, 6.07) is -0.965. The third kappa shape index (κ3) is 4.79. The number of carboxylic acid groups (broad SMARTS) is 1. The zero-order valence-corrected chi connectivity index (χ0v) is 12.4. The Kier molecular flexibility index (Phi) is 6.69. The number of allylic oxidation sites excluding steroid dienone is 7. The van der Waals surface area contributed by atoms with Gasteiger partial charge in [0.1, 0.15) is 17.4 Å². The number of nitrogens with zero attached hydrogens (tertiary/aromatic N) is 1. The number of likely N-dealkylation sites (N-methyl/N-ethyl adjacent to an activating group) is 1. The summed E-state index contributed by atoms with van der Waals surface area (Å²) in [5.74, 6) is -2.78. The van der Waals surface area contributed by atoms with Crippen molar-refractivity contribution >= 4 is 17.7 Å². The van der Waals surface area contributed by atoms with E-state index in [9.17, 15) is 19.5 Å². The molecule has 23 heavy (non-hydrogen) atoms. The van der Waals surface area contributed by atoms with Gasteiger partial charge in [-0.1, -0.05) is 36.5 Å². The maximum Gasteiger partial charge on any atom is 0.328 e. The number of amides is 1. The van der Waals surface area contributed by atoms with E-state index in [0.29, 0.717) is 0 Å². The number of aliphatic hydroxyl groups excluding tert-OH is 2. The molecule has 0 aromatic carbocycles. The number of aliphatic hydroxyl groups is 2. The number of aliphatic carboxylic acids is 1. The molecule has 0 aliphatic carbocycles. The van der Waals surface area contributed by atoms with E-state index < -0.39 is 36.1 Å². The highest BCUT2D eigenvalue weighted by molar-refractivity contribution is 6.27. The average Bonchev–Trinajstić information content (AvgIpc) is 2.71. The van der Waals surface area contributed by atoms with Gasteiger partial charge in [0.2, 0.25) is 0 Å². The first kappa shape index (κ1) is 18.1. The van der Waals surface area contributed by atoms with Crippen LogP contribution in [0.3, 0.4) is 0 Å². The number of likely N-dealkylation sites (tertiary alicyclic amines) is 1. The first-order chi connectivity index (χ1) is 10.9. The minimum atomic E-state index is -1.05. The minimum absolute atomic E-state index is 0.351. The summed E-state index contributed by atoms with van der Waals surface area (Å²) in [6.07, 6.45) is 11.1. The topological polar surface area (TPSA) is 115 Å². The third-order valence-electron chi connectivity index (χ3n) is 3.03. The zero-order valence-electron chi connectivity index (χ0n) is 12.4. The molecule has 7 heteroatoms. The first-order valence-electron chi connectivity index (χ1n) is 6.66. The van der Waals surface area contributed by atoms with Gasteiger partial charge in [-0.2, -0.15) is 0 Å². The molecule has 1 aliphatic heterocycles. The van der Waals surface area contributed by atoms with E-state index in [-0.39, 0.29) is 5.57 Å². The maximum atomic E-state index is 11.9. The fourth-order valence-corrected chi connectivity index (χ4v) is 1.83. The molecule has 0 aromatic heterocycles. The molecule has 122 valence electrons. The van der Waals surface area contributed by atoms with Crippen molar-refractivity contribution in [2.75, 3.05) is 13.7 Å². The second kappa shape index (κ2) is 8.50. The number of rotatable bonds is 6. The molecule has 1 fully saturated rings. The largest absolute Gasteiger partial charge is 0.507 e. The van der Waals surface area contributed by atoms with Crippen molar-refractivity contribution in [1.82, 2.24) is 4.90 Å². The van der Waals surface area contributed by atoms with Crippen molar-refractivity contribution in [2.45, 2.75) is 6.04 Å². The monoisotopic (exact) mass is 319 g/mol. The van der Waals surface area contributed by atoms with Crippen LogP contribution in [0.4, 0.5) is 0 Å². The minimum Gasteiger partial charge on any atom is -0.507 e. The SMILES string of the molecule is CN1C(=O)\C(=C(O)/C=C/C=C/C=C/C=C/C(=O)O)C(=O)[C@@H]1CO. The summed E-state index contributed by atoms with van der Waals surface area (Å²) in [7, 11) is 1.38. The van der Waals surface area contributed by atoms with Crippen LogP contribution in [0.1, 0.15) is 0 Å². The average molecular weight is 319 g/mol. The van der Waals surface area contributed by atoms with Gasteiger partial charge in [0, 0.05) is 13.1 Å². The van der Waals surface area contributed by atoms with Crippen LogP contribution >= 0.6 is 0 Å². The number of Topliss-reactive ketones (excluding diaryl/α,β-unsaturated/α-hetero) is 1. The summed E-state index contributed by atoms with van der Waals surface area (Å²) in [4.78, 5) is 35.0. The highest BCUT2D eigenvalue weighted by Gasteiger charge is 2.42. The Morgan fingerprint density at radius 2 is 1.57 bits per heavy atom. The normalized spacial score (nSPS) is 21.7. The Morgan fingerprint density at radius 1 is 1.04 bits per heavy atom. The molecule has 1 heterocycles. The van der Waals surface area contributed by atoms with Crippen LogP contribution in [0.15, 0.2) is 59.9 Å². The fraction of sp³-hybridized carbons (Fsp3) is 0.188. The molecule has 0 spiro atoms. The van der Waals surface area contributed by atoms with Crippen molar-refractivity contribution in [3.8, 4) is 0 Å². The molecular weight excluding hydrogens is 302 g/mol. The Bertz CT molecular complexity index is 639. The Labute approximate surface area is 132 Å².